The van der Waals surface area contributed by atoms with E-state index in [1.54, 1.807) is 41.5 Å². The summed E-state index contributed by atoms with van der Waals surface area (Å²) in [5.41, 5.74) is -3.25. The Hall–Kier alpha value is -4.52. The van der Waals surface area contributed by atoms with Crippen molar-refractivity contribution in [3.8, 4) is 0 Å². The van der Waals surface area contributed by atoms with Crippen LogP contribution in [0.1, 0.15) is 80.2 Å². The highest BCUT2D eigenvalue weighted by Gasteiger charge is 2.62. The van der Waals surface area contributed by atoms with Gasteiger partial charge in [0, 0.05) is 20.1 Å². The minimum atomic E-state index is -1.45. The molecular weight excluding hydrogens is 881 g/mol. The molecule has 0 radical (unpaired) electrons. The van der Waals surface area contributed by atoms with E-state index in [1.165, 1.54) is 20.9 Å². The minimum absolute atomic E-state index is 0.0317. The van der Waals surface area contributed by atoms with Gasteiger partial charge in [-0.15, -0.1) is 0 Å². The number of fused-ring (bicyclic) bond motifs is 3. The molecule has 1 aromatic carbocycles. The second-order valence-corrected chi connectivity index (χ2v) is 19.5. The fourth-order valence-electron chi connectivity index (χ4n) is 9.69. The molecule has 22 nitrogen and oxygen atoms in total. The van der Waals surface area contributed by atoms with Crippen LogP contribution in [0.3, 0.4) is 0 Å². The third-order valence-electron chi connectivity index (χ3n) is 12.8. The van der Waals surface area contributed by atoms with Gasteiger partial charge in [-0.05, 0) is 61.0 Å². The van der Waals surface area contributed by atoms with Crippen molar-refractivity contribution >= 4 is 35.6 Å². The molecule has 1 aromatic rings. The zero-order chi connectivity index (χ0) is 48.6. The lowest BCUT2D eigenvalue weighted by Crippen LogP contribution is -2.58. The molecule has 6 fully saturated rings. The SMILES string of the molecule is CNC(=O)C[C@@]1(CNC(=O)[C@H](C)NC(=O)C[C@@]2(CNC(=O)[C@H](C)NC(=O)C[C@@]3(CNC(=O)OCc4ccccc4)OC[C@H]4OC(C)(C)O[C@H]43)OC[C@H]3OC(C)(C)O[C@H]32)OC[C@H]2OC(C)(C)O[C@H]21. The molecular formula is C45H66N6O16. The summed E-state index contributed by atoms with van der Waals surface area (Å²) in [6.45, 7) is 13.3. The van der Waals surface area contributed by atoms with Gasteiger partial charge in [-0.2, -0.15) is 0 Å². The number of hydrogen-bond acceptors (Lipinski definition) is 16. The number of alkyl carbamates (subject to hydrolysis) is 1. The number of carbonyl (C=O) groups excluding carboxylic acids is 6. The van der Waals surface area contributed by atoms with E-state index >= 15 is 0 Å². The van der Waals surface area contributed by atoms with Gasteiger partial charge < -0.3 is 79.3 Å². The molecule has 22 heteroatoms. The third kappa shape index (κ3) is 11.5. The number of ether oxygens (including phenoxy) is 10. The van der Waals surface area contributed by atoms with Gasteiger partial charge in [-0.3, -0.25) is 24.0 Å². The van der Waals surface area contributed by atoms with E-state index in [9.17, 15) is 28.8 Å². The minimum Gasteiger partial charge on any atom is -0.445 e. The average molecular weight is 947 g/mol. The van der Waals surface area contributed by atoms with Gasteiger partial charge in [0.1, 0.15) is 72.1 Å². The monoisotopic (exact) mass is 946 g/mol. The Balaban J connectivity index is 0.955. The zero-order valence-electron chi connectivity index (χ0n) is 39.6. The average Bonchev–Trinajstić information content (AvgIpc) is 4.08. The fourth-order valence-corrected chi connectivity index (χ4v) is 9.69. The predicted octanol–water partition coefficient (Wildman–Crippen LogP) is -0.0618. The lowest BCUT2D eigenvalue weighted by atomic mass is 9.90. The summed E-state index contributed by atoms with van der Waals surface area (Å²) >= 11 is 0. The topological polar surface area (TPSA) is 267 Å². The van der Waals surface area contributed by atoms with Crippen LogP contribution in [0.2, 0.25) is 0 Å². The van der Waals surface area contributed by atoms with E-state index in [1.807, 2.05) is 30.3 Å². The fraction of sp³-hybridized carbons (Fsp3) is 0.733. The zero-order valence-corrected chi connectivity index (χ0v) is 39.6. The molecule has 6 heterocycles. The van der Waals surface area contributed by atoms with Crippen LogP contribution in [0.4, 0.5) is 4.79 Å². The molecule has 6 aliphatic heterocycles. The van der Waals surface area contributed by atoms with Crippen molar-refractivity contribution in [1.29, 1.82) is 0 Å². The Morgan fingerprint density at radius 1 is 0.567 bits per heavy atom. The van der Waals surface area contributed by atoms with Crippen LogP contribution in [-0.2, 0) is 77.9 Å². The van der Waals surface area contributed by atoms with E-state index in [-0.39, 0.29) is 71.2 Å². The van der Waals surface area contributed by atoms with Crippen LogP contribution in [0.15, 0.2) is 30.3 Å². The maximum Gasteiger partial charge on any atom is 0.407 e. The van der Waals surface area contributed by atoms with Gasteiger partial charge in [-0.25, -0.2) is 4.79 Å². The van der Waals surface area contributed by atoms with Crippen molar-refractivity contribution in [3.05, 3.63) is 35.9 Å². The summed E-state index contributed by atoms with van der Waals surface area (Å²) in [5, 5.41) is 16.4. The quantitative estimate of drug-likeness (QED) is 0.113. The molecule has 0 spiro atoms. The summed E-state index contributed by atoms with van der Waals surface area (Å²) in [6.07, 6.45) is -5.19. The first-order valence-electron chi connectivity index (χ1n) is 22.7. The first kappa shape index (κ1) is 50.4. The van der Waals surface area contributed by atoms with Gasteiger partial charge in [0.2, 0.25) is 29.5 Å². The van der Waals surface area contributed by atoms with E-state index in [0.717, 1.165) is 5.56 Å². The van der Waals surface area contributed by atoms with Crippen molar-refractivity contribution < 1.29 is 76.1 Å². The molecule has 0 bridgehead atoms. The normalized spacial score (nSPS) is 33.6. The molecule has 6 aliphatic rings. The highest BCUT2D eigenvalue weighted by Crippen LogP contribution is 2.45. The number of rotatable bonds is 18. The van der Waals surface area contributed by atoms with E-state index in [4.69, 9.17) is 47.4 Å². The number of amides is 6. The van der Waals surface area contributed by atoms with Crippen molar-refractivity contribution in [3.63, 3.8) is 0 Å². The number of benzene rings is 1. The van der Waals surface area contributed by atoms with E-state index in [2.05, 4.69) is 31.9 Å². The van der Waals surface area contributed by atoms with Crippen LogP contribution in [0.25, 0.3) is 0 Å². The molecule has 6 amide bonds. The Morgan fingerprint density at radius 3 is 1.33 bits per heavy atom. The molecule has 0 unspecified atom stereocenters. The molecule has 67 heavy (non-hydrogen) atoms. The third-order valence-corrected chi connectivity index (χ3v) is 12.8. The Kier molecular flexibility index (Phi) is 14.6. The summed E-state index contributed by atoms with van der Waals surface area (Å²) in [6, 6.07) is 7.01. The smallest absolute Gasteiger partial charge is 0.407 e. The second-order valence-electron chi connectivity index (χ2n) is 19.5. The van der Waals surface area contributed by atoms with E-state index in [0.29, 0.717) is 0 Å². The lowest BCUT2D eigenvalue weighted by molar-refractivity contribution is -0.196. The molecule has 0 saturated carbocycles. The summed E-state index contributed by atoms with van der Waals surface area (Å²) in [5.74, 6) is -5.55. The Bertz CT molecular complexity index is 2020. The van der Waals surface area contributed by atoms with Crippen molar-refractivity contribution in [2.24, 2.45) is 0 Å². The van der Waals surface area contributed by atoms with Crippen LogP contribution < -0.4 is 31.9 Å². The lowest BCUT2D eigenvalue weighted by Gasteiger charge is -2.35. The molecule has 7 rings (SSSR count). The first-order chi connectivity index (χ1) is 31.5. The van der Waals surface area contributed by atoms with Crippen molar-refractivity contribution in [1.82, 2.24) is 31.9 Å². The van der Waals surface area contributed by atoms with Crippen LogP contribution >= 0.6 is 0 Å². The molecule has 6 N–H and O–H groups in total. The molecule has 372 valence electrons. The summed E-state index contributed by atoms with van der Waals surface area (Å²) < 4.78 is 60.4. The standard InChI is InChI=1S/C45H66N6O16/c1-25(37(55)47-22-43(15-31(52)46-9)34-28(19-59-43)62-40(3,4)65-34)50-32(53)16-44(35-29(20-60-44)63-41(5,6)66-35)23-48-38(56)26(2)51-33(54)17-45(36-30(21-61-45)64-42(7,8)67-36)24-49-39(57)58-18-27-13-11-10-12-14-27/h10-14,25-26,28-30,34-36H,15-24H2,1-9H3,(H,46,52)(H,47,55)(H,48,56)(H,49,57)(H,50,53)(H,51,54)/t25-,26-,28+,29+,30+,34+,35+,36+,43-,44-,45-/m0/s1. The van der Waals surface area contributed by atoms with Crippen molar-refractivity contribution in [2.45, 2.75) is 164 Å². The maximum atomic E-state index is 13.8. The number of hydrogen-bond donors (Lipinski definition) is 6. The Labute approximate surface area is 389 Å². The van der Waals surface area contributed by atoms with Gasteiger partial charge >= 0.3 is 6.09 Å². The molecule has 0 aromatic heterocycles. The highest BCUT2D eigenvalue weighted by molar-refractivity contribution is 5.89. The molecule has 0 aliphatic carbocycles. The van der Waals surface area contributed by atoms with Crippen LogP contribution in [0.5, 0.6) is 0 Å². The van der Waals surface area contributed by atoms with Crippen LogP contribution in [-0.4, -0.2) is 165 Å². The van der Waals surface area contributed by atoms with Crippen LogP contribution in [0, 0.1) is 0 Å². The van der Waals surface area contributed by atoms with Gasteiger partial charge in [0.05, 0.1) is 45.6 Å². The van der Waals surface area contributed by atoms with Gasteiger partial charge in [0.15, 0.2) is 17.4 Å². The summed E-state index contributed by atoms with van der Waals surface area (Å²) in [7, 11) is 1.50. The first-order valence-corrected chi connectivity index (χ1v) is 22.7. The molecule has 6 saturated heterocycles. The molecule has 11 atom stereocenters. The van der Waals surface area contributed by atoms with Crippen molar-refractivity contribution in [2.75, 3.05) is 46.5 Å². The van der Waals surface area contributed by atoms with Gasteiger partial charge in [-0.1, -0.05) is 30.3 Å². The van der Waals surface area contributed by atoms with E-state index < -0.39 is 113 Å². The number of nitrogens with one attached hydrogen (secondary N) is 6. The van der Waals surface area contributed by atoms with Gasteiger partial charge in [0.25, 0.3) is 0 Å². The maximum absolute atomic E-state index is 13.8. The largest absolute Gasteiger partial charge is 0.445 e. The Morgan fingerprint density at radius 2 is 0.940 bits per heavy atom. The summed E-state index contributed by atoms with van der Waals surface area (Å²) in [4.78, 5) is 80.2. The predicted molar refractivity (Wildman–Crippen MR) is 231 cm³/mol. The highest BCUT2D eigenvalue weighted by atomic mass is 16.8. The number of carbonyl (C=O) groups is 6. The second kappa shape index (κ2) is 19.5.